The third kappa shape index (κ3) is 2.95. The van der Waals surface area contributed by atoms with E-state index < -0.39 is 0 Å². The fourth-order valence-electron chi connectivity index (χ4n) is 2.54. The minimum absolute atomic E-state index is 0.0295. The molecule has 0 saturated carbocycles. The summed E-state index contributed by atoms with van der Waals surface area (Å²) in [7, 11) is 0. The molecule has 0 aliphatic carbocycles. The molecule has 1 aromatic carbocycles. The standard InChI is InChI=1S/C15H19NO3/c1-3-19-14(17)10-16-9-13(11(2)15(16)18)12-7-5-4-6-8-12/h4-8,11,13H,3,9-10H2,1-2H3. The first-order valence-corrected chi connectivity index (χ1v) is 6.62. The number of hydrogen-bond acceptors (Lipinski definition) is 3. The second-order valence-electron chi connectivity index (χ2n) is 4.83. The van der Waals surface area contributed by atoms with E-state index in [1.165, 1.54) is 0 Å². The first-order chi connectivity index (χ1) is 9.13. The van der Waals surface area contributed by atoms with Gasteiger partial charge in [-0.25, -0.2) is 0 Å². The highest BCUT2D eigenvalue weighted by atomic mass is 16.5. The van der Waals surface area contributed by atoms with E-state index in [9.17, 15) is 9.59 Å². The second-order valence-corrected chi connectivity index (χ2v) is 4.83. The second kappa shape index (κ2) is 5.87. The van der Waals surface area contributed by atoms with Crippen LogP contribution in [0.4, 0.5) is 0 Å². The molecule has 1 aromatic rings. The maximum atomic E-state index is 12.1. The van der Waals surface area contributed by atoms with Crippen LogP contribution in [0.3, 0.4) is 0 Å². The van der Waals surface area contributed by atoms with Gasteiger partial charge in [-0.05, 0) is 12.5 Å². The molecule has 2 unspecified atom stereocenters. The van der Waals surface area contributed by atoms with E-state index >= 15 is 0 Å². The summed E-state index contributed by atoms with van der Waals surface area (Å²) < 4.78 is 4.90. The van der Waals surface area contributed by atoms with Crippen LogP contribution in [0, 0.1) is 5.92 Å². The highest BCUT2D eigenvalue weighted by molar-refractivity contribution is 5.86. The van der Waals surface area contributed by atoms with Gasteiger partial charge in [0.2, 0.25) is 5.91 Å². The summed E-state index contributed by atoms with van der Waals surface area (Å²) in [5.41, 5.74) is 1.15. The van der Waals surface area contributed by atoms with E-state index in [0.717, 1.165) is 5.56 Å². The largest absolute Gasteiger partial charge is 0.465 e. The molecule has 0 bridgehead atoms. The van der Waals surface area contributed by atoms with Crippen LogP contribution in [0.25, 0.3) is 0 Å². The highest BCUT2D eigenvalue weighted by Gasteiger charge is 2.38. The van der Waals surface area contributed by atoms with Gasteiger partial charge in [0.25, 0.3) is 0 Å². The number of hydrogen-bond donors (Lipinski definition) is 0. The molecule has 2 rings (SSSR count). The number of ether oxygens (including phenoxy) is 1. The first kappa shape index (κ1) is 13.6. The molecule has 0 N–H and O–H groups in total. The lowest BCUT2D eigenvalue weighted by Crippen LogP contribution is -2.33. The number of benzene rings is 1. The van der Waals surface area contributed by atoms with Crippen molar-refractivity contribution in [2.45, 2.75) is 19.8 Å². The third-order valence-electron chi connectivity index (χ3n) is 3.57. The highest BCUT2D eigenvalue weighted by Crippen LogP contribution is 2.32. The van der Waals surface area contributed by atoms with Crippen molar-refractivity contribution in [2.24, 2.45) is 5.92 Å². The van der Waals surface area contributed by atoms with Crippen LogP contribution in [-0.2, 0) is 14.3 Å². The number of esters is 1. The number of rotatable bonds is 4. The fourth-order valence-corrected chi connectivity index (χ4v) is 2.54. The molecule has 0 aromatic heterocycles. The van der Waals surface area contributed by atoms with E-state index in [1.807, 2.05) is 37.3 Å². The molecule has 4 heteroatoms. The Morgan fingerprint density at radius 3 is 2.68 bits per heavy atom. The number of nitrogens with zero attached hydrogens (tertiary/aromatic N) is 1. The van der Waals surface area contributed by atoms with Crippen molar-refractivity contribution in [1.82, 2.24) is 4.90 Å². The Bertz CT molecular complexity index is 458. The summed E-state index contributed by atoms with van der Waals surface area (Å²) in [6, 6.07) is 9.97. The van der Waals surface area contributed by atoms with Crippen molar-refractivity contribution >= 4 is 11.9 Å². The van der Waals surface area contributed by atoms with Crippen LogP contribution >= 0.6 is 0 Å². The van der Waals surface area contributed by atoms with Crippen molar-refractivity contribution in [2.75, 3.05) is 19.7 Å². The smallest absolute Gasteiger partial charge is 0.325 e. The topological polar surface area (TPSA) is 46.6 Å². The zero-order valence-corrected chi connectivity index (χ0v) is 11.3. The van der Waals surface area contributed by atoms with Gasteiger partial charge in [-0.1, -0.05) is 37.3 Å². The molecule has 102 valence electrons. The summed E-state index contributed by atoms with van der Waals surface area (Å²) in [4.78, 5) is 25.2. The van der Waals surface area contributed by atoms with E-state index in [2.05, 4.69) is 0 Å². The monoisotopic (exact) mass is 261 g/mol. The van der Waals surface area contributed by atoms with Gasteiger partial charge in [0.15, 0.2) is 0 Å². The average Bonchev–Trinajstić information content (AvgIpc) is 2.68. The molecular formula is C15H19NO3. The number of carbonyl (C=O) groups excluding carboxylic acids is 2. The van der Waals surface area contributed by atoms with Gasteiger partial charge in [0, 0.05) is 18.4 Å². The summed E-state index contributed by atoms with van der Waals surface area (Å²) in [6.45, 7) is 4.67. The molecular weight excluding hydrogens is 242 g/mol. The summed E-state index contributed by atoms with van der Waals surface area (Å²) in [5, 5.41) is 0. The Kier molecular flexibility index (Phi) is 4.20. The molecule has 1 amide bonds. The van der Waals surface area contributed by atoms with Crippen molar-refractivity contribution < 1.29 is 14.3 Å². The van der Waals surface area contributed by atoms with Crippen LogP contribution in [0.1, 0.15) is 25.3 Å². The zero-order valence-electron chi connectivity index (χ0n) is 11.3. The summed E-state index contributed by atoms with van der Waals surface area (Å²) in [6.07, 6.45) is 0. The minimum Gasteiger partial charge on any atom is -0.465 e. The molecule has 1 aliphatic heterocycles. The molecule has 0 radical (unpaired) electrons. The molecule has 1 fully saturated rings. The molecule has 1 saturated heterocycles. The van der Waals surface area contributed by atoms with Gasteiger partial charge < -0.3 is 9.64 Å². The van der Waals surface area contributed by atoms with Crippen LogP contribution in [0.5, 0.6) is 0 Å². The lowest BCUT2D eigenvalue weighted by molar-refractivity contribution is -0.148. The van der Waals surface area contributed by atoms with Crippen LogP contribution < -0.4 is 0 Å². The predicted molar refractivity (Wildman–Crippen MR) is 71.6 cm³/mol. The van der Waals surface area contributed by atoms with Gasteiger partial charge in [-0.3, -0.25) is 9.59 Å². The van der Waals surface area contributed by atoms with Crippen molar-refractivity contribution in [3.8, 4) is 0 Å². The first-order valence-electron chi connectivity index (χ1n) is 6.62. The predicted octanol–water partition coefficient (Wildman–Crippen LogP) is 1.81. The lowest BCUT2D eigenvalue weighted by Gasteiger charge is -2.15. The van der Waals surface area contributed by atoms with Gasteiger partial charge in [0.1, 0.15) is 6.54 Å². The van der Waals surface area contributed by atoms with Crippen molar-refractivity contribution in [1.29, 1.82) is 0 Å². The Hall–Kier alpha value is -1.84. The SMILES string of the molecule is CCOC(=O)CN1CC(c2ccccc2)C(C)C1=O. The summed E-state index contributed by atoms with van der Waals surface area (Å²) >= 11 is 0. The molecule has 2 atom stereocenters. The Morgan fingerprint density at radius 2 is 2.05 bits per heavy atom. The molecule has 1 aliphatic rings. The normalized spacial score (nSPS) is 22.6. The molecule has 0 spiro atoms. The quantitative estimate of drug-likeness (QED) is 0.777. The maximum Gasteiger partial charge on any atom is 0.325 e. The lowest BCUT2D eigenvalue weighted by atomic mass is 9.90. The maximum absolute atomic E-state index is 12.1. The molecule has 4 nitrogen and oxygen atoms in total. The number of likely N-dealkylation sites (tertiary alicyclic amines) is 1. The number of amides is 1. The van der Waals surface area contributed by atoms with Gasteiger partial charge in [0.05, 0.1) is 6.61 Å². The van der Waals surface area contributed by atoms with Gasteiger partial charge in [-0.15, -0.1) is 0 Å². The van der Waals surface area contributed by atoms with Gasteiger partial charge in [-0.2, -0.15) is 0 Å². The van der Waals surface area contributed by atoms with E-state index in [-0.39, 0.29) is 30.3 Å². The van der Waals surface area contributed by atoms with Crippen molar-refractivity contribution in [3.05, 3.63) is 35.9 Å². The minimum atomic E-state index is -0.336. The fraction of sp³-hybridized carbons (Fsp3) is 0.467. The third-order valence-corrected chi connectivity index (χ3v) is 3.57. The van der Waals surface area contributed by atoms with Crippen LogP contribution in [-0.4, -0.2) is 36.5 Å². The Balaban J connectivity index is 2.07. The Labute approximate surface area is 113 Å². The summed E-state index contributed by atoms with van der Waals surface area (Å²) in [5.74, 6) is -0.237. The Morgan fingerprint density at radius 1 is 1.37 bits per heavy atom. The average molecular weight is 261 g/mol. The van der Waals surface area contributed by atoms with E-state index in [1.54, 1.807) is 11.8 Å². The van der Waals surface area contributed by atoms with Crippen LogP contribution in [0.15, 0.2) is 30.3 Å². The van der Waals surface area contributed by atoms with Crippen molar-refractivity contribution in [3.63, 3.8) is 0 Å². The molecule has 19 heavy (non-hydrogen) atoms. The number of carbonyl (C=O) groups is 2. The van der Waals surface area contributed by atoms with Crippen LogP contribution in [0.2, 0.25) is 0 Å². The zero-order chi connectivity index (χ0) is 13.8. The van der Waals surface area contributed by atoms with Gasteiger partial charge >= 0.3 is 5.97 Å². The molecule has 1 heterocycles. The van der Waals surface area contributed by atoms with E-state index in [4.69, 9.17) is 4.74 Å². The van der Waals surface area contributed by atoms with E-state index in [0.29, 0.717) is 13.2 Å².